The standard InChI is InChI=1S/C10H15N5O/c1-6-4-8(6)10(16)11-5-9-12-13-14-15(9)7-2-3-7/h6-8H,2-5H2,1H3,(H,11,16). The molecule has 2 fully saturated rings. The number of carbonyl (C=O) groups excluding carboxylic acids is 1. The van der Waals surface area contributed by atoms with Gasteiger partial charge in [-0.1, -0.05) is 6.92 Å². The van der Waals surface area contributed by atoms with E-state index in [0.717, 1.165) is 25.1 Å². The molecule has 6 nitrogen and oxygen atoms in total. The highest BCUT2D eigenvalue weighted by Gasteiger charge is 2.39. The molecular formula is C10H15N5O. The predicted molar refractivity (Wildman–Crippen MR) is 55.2 cm³/mol. The Kier molecular flexibility index (Phi) is 2.15. The Morgan fingerprint density at radius 3 is 2.94 bits per heavy atom. The van der Waals surface area contributed by atoms with Gasteiger partial charge < -0.3 is 5.32 Å². The quantitative estimate of drug-likeness (QED) is 0.792. The second-order valence-electron chi connectivity index (χ2n) is 4.81. The molecule has 6 heteroatoms. The van der Waals surface area contributed by atoms with E-state index in [1.165, 1.54) is 0 Å². The largest absolute Gasteiger partial charge is 0.348 e. The molecule has 16 heavy (non-hydrogen) atoms. The molecule has 0 saturated heterocycles. The topological polar surface area (TPSA) is 72.7 Å². The molecule has 2 atom stereocenters. The van der Waals surface area contributed by atoms with Crippen LogP contribution in [0.25, 0.3) is 0 Å². The number of amides is 1. The van der Waals surface area contributed by atoms with Crippen LogP contribution in [0.4, 0.5) is 0 Å². The van der Waals surface area contributed by atoms with Gasteiger partial charge in [0.05, 0.1) is 12.6 Å². The van der Waals surface area contributed by atoms with Crippen molar-refractivity contribution in [1.29, 1.82) is 0 Å². The molecule has 2 aliphatic rings. The van der Waals surface area contributed by atoms with Crippen LogP contribution in [0.3, 0.4) is 0 Å². The molecule has 1 N–H and O–H groups in total. The van der Waals surface area contributed by atoms with Gasteiger partial charge >= 0.3 is 0 Å². The highest BCUT2D eigenvalue weighted by Crippen LogP contribution is 2.37. The number of tetrazole rings is 1. The van der Waals surface area contributed by atoms with Gasteiger partial charge in [0.2, 0.25) is 5.91 Å². The lowest BCUT2D eigenvalue weighted by molar-refractivity contribution is -0.122. The fourth-order valence-electron chi connectivity index (χ4n) is 1.92. The summed E-state index contributed by atoms with van der Waals surface area (Å²) in [6.07, 6.45) is 3.30. The van der Waals surface area contributed by atoms with Crippen molar-refractivity contribution in [1.82, 2.24) is 25.5 Å². The highest BCUT2D eigenvalue weighted by molar-refractivity contribution is 5.81. The Morgan fingerprint density at radius 1 is 1.56 bits per heavy atom. The van der Waals surface area contributed by atoms with Crippen LogP contribution in [-0.4, -0.2) is 26.1 Å². The first-order chi connectivity index (χ1) is 7.75. The molecule has 2 saturated carbocycles. The second kappa shape index (κ2) is 3.54. The second-order valence-corrected chi connectivity index (χ2v) is 4.81. The lowest BCUT2D eigenvalue weighted by Gasteiger charge is -2.04. The summed E-state index contributed by atoms with van der Waals surface area (Å²) in [5, 5.41) is 14.4. The van der Waals surface area contributed by atoms with Crippen molar-refractivity contribution < 1.29 is 4.79 Å². The molecule has 0 aliphatic heterocycles. The molecule has 2 aliphatic carbocycles. The summed E-state index contributed by atoms with van der Waals surface area (Å²) in [4.78, 5) is 11.6. The number of nitrogens with one attached hydrogen (secondary N) is 1. The number of aromatic nitrogens is 4. The van der Waals surface area contributed by atoms with E-state index in [4.69, 9.17) is 0 Å². The minimum atomic E-state index is 0.137. The first-order valence-corrected chi connectivity index (χ1v) is 5.80. The van der Waals surface area contributed by atoms with E-state index in [-0.39, 0.29) is 11.8 Å². The minimum absolute atomic E-state index is 0.137. The number of hydrogen-bond donors (Lipinski definition) is 1. The van der Waals surface area contributed by atoms with Crippen LogP contribution in [0.5, 0.6) is 0 Å². The third kappa shape index (κ3) is 1.79. The van der Waals surface area contributed by atoms with E-state index in [9.17, 15) is 4.79 Å². The lowest BCUT2D eigenvalue weighted by atomic mass is 10.3. The van der Waals surface area contributed by atoms with Gasteiger partial charge in [0, 0.05) is 5.92 Å². The van der Waals surface area contributed by atoms with Gasteiger partial charge in [-0.05, 0) is 35.6 Å². The van der Waals surface area contributed by atoms with Crippen LogP contribution >= 0.6 is 0 Å². The summed E-state index contributed by atoms with van der Waals surface area (Å²) in [6.45, 7) is 2.55. The third-order valence-electron chi connectivity index (χ3n) is 3.32. The summed E-state index contributed by atoms with van der Waals surface area (Å²) in [7, 11) is 0. The van der Waals surface area contributed by atoms with Gasteiger partial charge in [-0.2, -0.15) is 0 Å². The van der Waals surface area contributed by atoms with Crippen molar-refractivity contribution in [2.45, 2.75) is 38.8 Å². The van der Waals surface area contributed by atoms with Crippen molar-refractivity contribution in [2.75, 3.05) is 0 Å². The molecule has 1 aromatic rings. The van der Waals surface area contributed by atoms with Crippen LogP contribution in [0, 0.1) is 11.8 Å². The fourth-order valence-corrected chi connectivity index (χ4v) is 1.92. The Morgan fingerprint density at radius 2 is 2.31 bits per heavy atom. The van der Waals surface area contributed by atoms with E-state index < -0.39 is 0 Å². The van der Waals surface area contributed by atoms with Crippen molar-refractivity contribution >= 4 is 5.91 Å². The number of rotatable bonds is 4. The Labute approximate surface area is 93.4 Å². The van der Waals surface area contributed by atoms with Gasteiger partial charge in [-0.15, -0.1) is 5.10 Å². The molecule has 0 spiro atoms. The number of nitrogens with zero attached hydrogens (tertiary/aromatic N) is 4. The molecule has 1 heterocycles. The molecule has 0 bridgehead atoms. The fraction of sp³-hybridized carbons (Fsp3) is 0.800. The smallest absolute Gasteiger partial charge is 0.223 e. The minimum Gasteiger partial charge on any atom is -0.348 e. The normalized spacial score (nSPS) is 27.8. The third-order valence-corrected chi connectivity index (χ3v) is 3.32. The monoisotopic (exact) mass is 221 g/mol. The van der Waals surface area contributed by atoms with Gasteiger partial charge in [-0.25, -0.2) is 4.68 Å². The summed E-state index contributed by atoms with van der Waals surface area (Å²) in [5.41, 5.74) is 0. The van der Waals surface area contributed by atoms with Crippen LogP contribution in [-0.2, 0) is 11.3 Å². The maximum Gasteiger partial charge on any atom is 0.223 e. The van der Waals surface area contributed by atoms with E-state index in [2.05, 4.69) is 27.8 Å². The molecule has 3 rings (SSSR count). The first-order valence-electron chi connectivity index (χ1n) is 5.80. The zero-order chi connectivity index (χ0) is 11.1. The van der Waals surface area contributed by atoms with E-state index in [0.29, 0.717) is 18.5 Å². The summed E-state index contributed by atoms with van der Waals surface area (Å²) >= 11 is 0. The van der Waals surface area contributed by atoms with Gasteiger partial charge in [0.15, 0.2) is 5.82 Å². The van der Waals surface area contributed by atoms with Gasteiger partial charge in [-0.3, -0.25) is 4.79 Å². The average Bonchev–Trinajstić information content (AvgIpc) is 3.18. The van der Waals surface area contributed by atoms with Crippen molar-refractivity contribution in [3.05, 3.63) is 5.82 Å². The molecule has 86 valence electrons. The van der Waals surface area contributed by atoms with Crippen molar-refractivity contribution in [3.63, 3.8) is 0 Å². The van der Waals surface area contributed by atoms with E-state index >= 15 is 0 Å². The zero-order valence-corrected chi connectivity index (χ0v) is 9.26. The SMILES string of the molecule is CC1CC1C(=O)NCc1nnnn1C1CC1. The average molecular weight is 221 g/mol. The molecule has 0 radical (unpaired) electrons. The maximum absolute atomic E-state index is 11.6. The molecule has 1 amide bonds. The predicted octanol–water partition coefficient (Wildman–Crippen LogP) is 0.280. The highest BCUT2D eigenvalue weighted by atomic mass is 16.2. The van der Waals surface area contributed by atoms with Gasteiger partial charge in [0.1, 0.15) is 0 Å². The Bertz CT molecular complexity index is 411. The molecule has 1 aromatic heterocycles. The molecular weight excluding hydrogens is 206 g/mol. The summed E-state index contributed by atoms with van der Waals surface area (Å²) in [5.74, 6) is 1.66. The van der Waals surface area contributed by atoms with Crippen molar-refractivity contribution in [3.8, 4) is 0 Å². The molecule has 0 aromatic carbocycles. The molecule has 2 unspecified atom stereocenters. The van der Waals surface area contributed by atoms with E-state index in [1.807, 2.05) is 4.68 Å². The zero-order valence-electron chi connectivity index (χ0n) is 9.26. The van der Waals surface area contributed by atoms with Crippen LogP contribution < -0.4 is 5.32 Å². The van der Waals surface area contributed by atoms with Crippen LogP contribution in [0.15, 0.2) is 0 Å². The van der Waals surface area contributed by atoms with E-state index in [1.54, 1.807) is 0 Å². The van der Waals surface area contributed by atoms with Gasteiger partial charge in [0.25, 0.3) is 0 Å². The van der Waals surface area contributed by atoms with Crippen LogP contribution in [0.1, 0.15) is 38.1 Å². The summed E-state index contributed by atoms with van der Waals surface area (Å²) in [6, 6.07) is 0.460. The maximum atomic E-state index is 11.6. The lowest BCUT2D eigenvalue weighted by Crippen LogP contribution is -2.26. The van der Waals surface area contributed by atoms with Crippen molar-refractivity contribution in [2.24, 2.45) is 11.8 Å². The number of hydrogen-bond acceptors (Lipinski definition) is 4. The number of carbonyl (C=O) groups is 1. The summed E-state index contributed by atoms with van der Waals surface area (Å²) < 4.78 is 1.83. The Hall–Kier alpha value is -1.46. The first kappa shape index (κ1) is 9.74. The van der Waals surface area contributed by atoms with Crippen LogP contribution in [0.2, 0.25) is 0 Å². The Balaban J connectivity index is 1.57.